The van der Waals surface area contributed by atoms with Crippen LogP contribution < -0.4 is 5.73 Å². The van der Waals surface area contributed by atoms with Crippen molar-refractivity contribution in [3.63, 3.8) is 0 Å². The minimum absolute atomic E-state index is 0.461. The molecule has 16 heavy (non-hydrogen) atoms. The largest absolute Gasteiger partial charge is 0.399 e. The lowest BCUT2D eigenvalue weighted by Crippen LogP contribution is -1.90. The molecule has 3 N–H and O–H groups in total. The van der Waals surface area contributed by atoms with E-state index in [1.54, 1.807) is 0 Å². The van der Waals surface area contributed by atoms with Gasteiger partial charge in [0.05, 0.1) is 0 Å². The van der Waals surface area contributed by atoms with Crippen LogP contribution >= 0.6 is 0 Å². The zero-order chi connectivity index (χ0) is 11.7. The van der Waals surface area contributed by atoms with Crippen LogP contribution in [-0.4, -0.2) is 9.97 Å². The van der Waals surface area contributed by atoms with Gasteiger partial charge >= 0.3 is 0 Å². The van der Waals surface area contributed by atoms with Gasteiger partial charge in [-0.3, -0.25) is 0 Å². The highest BCUT2D eigenvalue weighted by Crippen LogP contribution is 2.22. The van der Waals surface area contributed by atoms with Crippen LogP contribution in [0.2, 0.25) is 0 Å². The number of nitrogen functional groups attached to an aromatic ring is 1. The molecule has 1 aromatic carbocycles. The molecule has 0 saturated heterocycles. The first-order valence-corrected chi connectivity index (χ1v) is 5.48. The molecule has 0 aliphatic heterocycles. The number of nitrogens with one attached hydrogen (secondary N) is 1. The van der Waals surface area contributed by atoms with Crippen LogP contribution in [0.3, 0.4) is 0 Å². The summed E-state index contributed by atoms with van der Waals surface area (Å²) in [4.78, 5) is 7.70. The maximum atomic E-state index is 5.82. The van der Waals surface area contributed by atoms with E-state index in [0.717, 1.165) is 28.3 Å². The van der Waals surface area contributed by atoms with E-state index < -0.39 is 0 Å². The molecular formula is C13H17N3. The second-order valence-electron chi connectivity index (χ2n) is 4.47. The molecule has 3 nitrogen and oxygen atoms in total. The normalized spacial score (nSPS) is 11.0. The summed E-state index contributed by atoms with van der Waals surface area (Å²) in [6, 6.07) is 5.98. The highest BCUT2D eigenvalue weighted by Gasteiger charge is 2.07. The van der Waals surface area contributed by atoms with Gasteiger partial charge < -0.3 is 10.7 Å². The van der Waals surface area contributed by atoms with Gasteiger partial charge in [0, 0.05) is 23.1 Å². The monoisotopic (exact) mass is 215 g/mol. The molecule has 84 valence electrons. The molecule has 0 bridgehead atoms. The molecule has 0 saturated carbocycles. The highest BCUT2D eigenvalue weighted by molar-refractivity contribution is 5.63. The molecule has 0 fully saturated rings. The zero-order valence-corrected chi connectivity index (χ0v) is 9.91. The van der Waals surface area contributed by atoms with Crippen LogP contribution in [0.25, 0.3) is 11.4 Å². The summed E-state index contributed by atoms with van der Waals surface area (Å²) in [6.45, 7) is 6.32. The summed E-state index contributed by atoms with van der Waals surface area (Å²) in [5, 5.41) is 0. The van der Waals surface area contributed by atoms with Crippen molar-refractivity contribution in [3.8, 4) is 11.4 Å². The molecule has 0 aliphatic carbocycles. The summed E-state index contributed by atoms with van der Waals surface area (Å²) in [5.41, 5.74) is 9.94. The van der Waals surface area contributed by atoms with Crippen molar-refractivity contribution in [1.82, 2.24) is 9.97 Å². The third kappa shape index (κ3) is 2.08. The van der Waals surface area contributed by atoms with Crippen LogP contribution in [0.5, 0.6) is 0 Å². The van der Waals surface area contributed by atoms with Gasteiger partial charge in [-0.05, 0) is 36.6 Å². The van der Waals surface area contributed by atoms with Crippen LogP contribution in [0.1, 0.15) is 31.0 Å². The number of anilines is 1. The van der Waals surface area contributed by atoms with Crippen molar-refractivity contribution in [1.29, 1.82) is 0 Å². The van der Waals surface area contributed by atoms with E-state index in [-0.39, 0.29) is 0 Å². The number of aromatic nitrogens is 2. The minimum atomic E-state index is 0.461. The summed E-state index contributed by atoms with van der Waals surface area (Å²) < 4.78 is 0. The quantitative estimate of drug-likeness (QED) is 0.756. The Bertz CT molecular complexity index is 477. The van der Waals surface area contributed by atoms with Crippen molar-refractivity contribution in [2.75, 3.05) is 5.73 Å². The lowest BCUT2D eigenvalue weighted by molar-refractivity contribution is 0.833. The highest BCUT2D eigenvalue weighted by atomic mass is 14.9. The van der Waals surface area contributed by atoms with Crippen LogP contribution in [0.15, 0.2) is 24.4 Å². The van der Waals surface area contributed by atoms with Gasteiger partial charge in [0.15, 0.2) is 0 Å². The van der Waals surface area contributed by atoms with E-state index in [4.69, 9.17) is 5.73 Å². The first-order valence-electron chi connectivity index (χ1n) is 5.48. The number of imidazole rings is 1. The fourth-order valence-electron chi connectivity index (χ4n) is 1.72. The molecule has 3 heteroatoms. The van der Waals surface area contributed by atoms with Crippen molar-refractivity contribution >= 4 is 5.69 Å². The van der Waals surface area contributed by atoms with Gasteiger partial charge in [-0.25, -0.2) is 4.98 Å². The number of hydrogen-bond acceptors (Lipinski definition) is 2. The van der Waals surface area contributed by atoms with E-state index in [1.165, 1.54) is 0 Å². The molecule has 0 aliphatic rings. The number of benzene rings is 1. The van der Waals surface area contributed by atoms with Crippen LogP contribution in [-0.2, 0) is 0 Å². The lowest BCUT2D eigenvalue weighted by Gasteiger charge is -2.02. The predicted molar refractivity (Wildman–Crippen MR) is 67.3 cm³/mol. The van der Waals surface area contributed by atoms with E-state index >= 15 is 0 Å². The predicted octanol–water partition coefficient (Wildman–Crippen LogP) is 3.09. The Morgan fingerprint density at radius 2 is 2.00 bits per heavy atom. The third-order valence-electron chi connectivity index (χ3n) is 2.59. The molecule has 2 rings (SSSR count). The number of nitrogens with two attached hydrogens (primary N) is 1. The average molecular weight is 215 g/mol. The molecule has 0 spiro atoms. The summed E-state index contributed by atoms with van der Waals surface area (Å²) in [5.74, 6) is 1.35. The first-order chi connectivity index (χ1) is 7.56. The van der Waals surface area contributed by atoms with Gasteiger partial charge in [0.25, 0.3) is 0 Å². The SMILES string of the molecule is Cc1cc(N)cc(-c2ncc(C(C)C)[nH]2)c1. The Balaban J connectivity index is 2.42. The minimum Gasteiger partial charge on any atom is -0.399 e. The van der Waals surface area contributed by atoms with Crippen LogP contribution in [0.4, 0.5) is 5.69 Å². The smallest absolute Gasteiger partial charge is 0.137 e. The number of rotatable bonds is 2. The Hall–Kier alpha value is -1.77. The van der Waals surface area contributed by atoms with Gasteiger partial charge in [-0.1, -0.05) is 13.8 Å². The number of aryl methyl sites for hydroxylation is 1. The Kier molecular flexibility index (Phi) is 2.69. The third-order valence-corrected chi connectivity index (χ3v) is 2.59. The van der Waals surface area contributed by atoms with Crippen molar-refractivity contribution < 1.29 is 0 Å². The number of aromatic amines is 1. The summed E-state index contributed by atoms with van der Waals surface area (Å²) >= 11 is 0. The van der Waals surface area contributed by atoms with Gasteiger partial charge in [-0.2, -0.15) is 0 Å². The molecule has 0 amide bonds. The standard InChI is InChI=1S/C13H17N3/c1-8(2)12-7-15-13(16-12)10-4-9(3)5-11(14)6-10/h4-8H,14H2,1-3H3,(H,15,16). The van der Waals surface area contributed by atoms with Crippen molar-refractivity contribution in [2.45, 2.75) is 26.7 Å². The Morgan fingerprint density at radius 1 is 1.25 bits per heavy atom. The fraction of sp³-hybridized carbons (Fsp3) is 0.308. The molecule has 0 atom stereocenters. The topological polar surface area (TPSA) is 54.7 Å². The van der Waals surface area contributed by atoms with Gasteiger partial charge in [0.1, 0.15) is 5.82 Å². The number of nitrogens with zero attached hydrogens (tertiary/aromatic N) is 1. The fourth-order valence-corrected chi connectivity index (χ4v) is 1.72. The molecule has 1 aromatic heterocycles. The average Bonchev–Trinajstić information content (AvgIpc) is 2.64. The molecular weight excluding hydrogens is 198 g/mol. The second-order valence-corrected chi connectivity index (χ2v) is 4.47. The molecule has 1 heterocycles. The number of H-pyrrole nitrogens is 1. The summed E-state index contributed by atoms with van der Waals surface area (Å²) in [7, 11) is 0. The van der Waals surface area contributed by atoms with Crippen molar-refractivity contribution in [2.24, 2.45) is 0 Å². The van der Waals surface area contributed by atoms with E-state index in [2.05, 4.69) is 29.9 Å². The van der Waals surface area contributed by atoms with Crippen LogP contribution in [0, 0.1) is 6.92 Å². The van der Waals surface area contributed by atoms with E-state index in [1.807, 2.05) is 25.3 Å². The van der Waals surface area contributed by atoms with Gasteiger partial charge in [-0.15, -0.1) is 0 Å². The van der Waals surface area contributed by atoms with E-state index in [0.29, 0.717) is 5.92 Å². The molecule has 0 radical (unpaired) electrons. The zero-order valence-electron chi connectivity index (χ0n) is 9.91. The van der Waals surface area contributed by atoms with Crippen molar-refractivity contribution in [3.05, 3.63) is 35.7 Å². The Labute approximate surface area is 95.7 Å². The molecule has 2 aromatic rings. The Morgan fingerprint density at radius 3 is 2.56 bits per heavy atom. The lowest BCUT2D eigenvalue weighted by atomic mass is 10.1. The maximum absolute atomic E-state index is 5.82. The number of hydrogen-bond donors (Lipinski definition) is 2. The maximum Gasteiger partial charge on any atom is 0.137 e. The van der Waals surface area contributed by atoms with Gasteiger partial charge in [0.2, 0.25) is 0 Å². The summed E-state index contributed by atoms with van der Waals surface area (Å²) in [6.07, 6.45) is 1.89. The van der Waals surface area contributed by atoms with E-state index in [9.17, 15) is 0 Å². The first kappa shape index (κ1) is 10.7. The second kappa shape index (κ2) is 4.00. The molecule has 0 unspecified atom stereocenters.